The maximum absolute atomic E-state index is 13.9. The molecule has 1 saturated carbocycles. The number of rotatable bonds is 4. The molecule has 0 N–H and O–H groups in total. The van der Waals surface area contributed by atoms with Crippen LogP contribution < -0.4 is 0 Å². The van der Waals surface area contributed by atoms with Gasteiger partial charge in [0.2, 0.25) is 10.0 Å². The maximum atomic E-state index is 13.9. The Balaban J connectivity index is 1.77. The molecule has 1 aliphatic heterocycles. The molecule has 29 heavy (non-hydrogen) atoms. The molecule has 2 fully saturated rings. The first kappa shape index (κ1) is 20.5. The largest absolute Gasteiger partial charge is 0.268 e. The molecule has 0 radical (unpaired) electrons. The zero-order valence-electron chi connectivity index (χ0n) is 17.7. The van der Waals surface area contributed by atoms with Gasteiger partial charge in [-0.3, -0.25) is 9.67 Å². The van der Waals surface area contributed by atoms with Gasteiger partial charge in [0.15, 0.2) is 0 Å². The molecule has 0 amide bonds. The summed E-state index contributed by atoms with van der Waals surface area (Å²) < 4.78 is 31.5. The van der Waals surface area contributed by atoms with Crippen molar-refractivity contribution in [3.8, 4) is 0 Å². The highest BCUT2D eigenvalue weighted by atomic mass is 32.2. The van der Waals surface area contributed by atoms with E-state index in [1.807, 2.05) is 37.6 Å². The monoisotopic (exact) mass is 416 g/mol. The van der Waals surface area contributed by atoms with Crippen LogP contribution >= 0.6 is 0 Å². The van der Waals surface area contributed by atoms with Gasteiger partial charge in [0.25, 0.3) is 0 Å². The summed E-state index contributed by atoms with van der Waals surface area (Å²) in [4.78, 5) is 4.61. The minimum atomic E-state index is -3.66. The van der Waals surface area contributed by atoms with Crippen LogP contribution in [0.4, 0.5) is 0 Å². The SMILES string of the molecule is CC(C)(C)c1nn(C2CCCC2)cc1S(=O)(=O)N1CCCCC1c1cccnc1. The Labute approximate surface area is 174 Å². The summed E-state index contributed by atoms with van der Waals surface area (Å²) >= 11 is 0. The number of sulfonamides is 1. The average Bonchev–Trinajstić information content (AvgIpc) is 3.38. The average molecular weight is 417 g/mol. The van der Waals surface area contributed by atoms with E-state index >= 15 is 0 Å². The minimum Gasteiger partial charge on any atom is -0.268 e. The number of hydrogen-bond acceptors (Lipinski definition) is 4. The van der Waals surface area contributed by atoms with Crippen molar-refractivity contribution in [2.45, 2.75) is 88.1 Å². The van der Waals surface area contributed by atoms with Gasteiger partial charge in [-0.2, -0.15) is 9.40 Å². The first-order chi connectivity index (χ1) is 13.8. The van der Waals surface area contributed by atoms with Gasteiger partial charge in [-0.25, -0.2) is 8.42 Å². The third-order valence-electron chi connectivity index (χ3n) is 6.22. The number of nitrogens with zero attached hydrogens (tertiary/aromatic N) is 4. The van der Waals surface area contributed by atoms with Crippen molar-refractivity contribution in [3.05, 3.63) is 42.0 Å². The summed E-state index contributed by atoms with van der Waals surface area (Å²) in [5.74, 6) is 0. The zero-order chi connectivity index (χ0) is 20.6. The fourth-order valence-corrected chi connectivity index (χ4v) is 6.68. The molecule has 0 aromatic carbocycles. The third-order valence-corrected chi connectivity index (χ3v) is 8.13. The van der Waals surface area contributed by atoms with Crippen molar-refractivity contribution < 1.29 is 8.42 Å². The molecule has 6 nitrogen and oxygen atoms in total. The molecular formula is C22H32N4O2S. The number of pyridine rings is 1. The van der Waals surface area contributed by atoms with Gasteiger partial charge in [-0.05, 0) is 37.3 Å². The second-order valence-electron chi connectivity index (χ2n) is 9.42. The fraction of sp³-hybridized carbons (Fsp3) is 0.636. The molecule has 1 atom stereocenters. The van der Waals surface area contributed by atoms with Gasteiger partial charge in [0, 0.05) is 30.6 Å². The van der Waals surface area contributed by atoms with Crippen LogP contribution in [0.2, 0.25) is 0 Å². The van der Waals surface area contributed by atoms with Crippen LogP contribution in [0.25, 0.3) is 0 Å². The quantitative estimate of drug-likeness (QED) is 0.730. The standard InChI is InChI=1S/C22H32N4O2S/c1-22(2,3)21-20(16-25(24-21)18-10-4-5-11-18)29(27,28)26-14-7-6-12-19(26)17-9-8-13-23-15-17/h8-9,13,15-16,18-19H,4-7,10-12,14H2,1-3H3. The maximum Gasteiger partial charge on any atom is 0.247 e. The van der Waals surface area contributed by atoms with Gasteiger partial charge >= 0.3 is 0 Å². The van der Waals surface area contributed by atoms with Crippen LogP contribution in [-0.4, -0.2) is 34.0 Å². The molecule has 0 spiro atoms. The predicted octanol–water partition coefficient (Wildman–Crippen LogP) is 4.61. The van der Waals surface area contributed by atoms with E-state index in [2.05, 4.69) is 4.98 Å². The Hall–Kier alpha value is -1.73. The number of piperidine rings is 1. The normalized spacial score (nSPS) is 22.2. The van der Waals surface area contributed by atoms with Crippen molar-refractivity contribution in [3.63, 3.8) is 0 Å². The molecule has 7 heteroatoms. The molecule has 1 saturated heterocycles. The third kappa shape index (κ3) is 3.99. The second-order valence-corrected chi connectivity index (χ2v) is 11.3. The fourth-order valence-electron chi connectivity index (χ4n) is 4.66. The topological polar surface area (TPSA) is 68.1 Å². The molecule has 2 aromatic rings. The van der Waals surface area contributed by atoms with E-state index < -0.39 is 10.0 Å². The Bertz CT molecular complexity index is 941. The number of hydrogen-bond donors (Lipinski definition) is 0. The summed E-state index contributed by atoms with van der Waals surface area (Å²) in [7, 11) is -3.66. The van der Waals surface area contributed by atoms with E-state index in [0.717, 1.165) is 37.7 Å². The first-order valence-electron chi connectivity index (χ1n) is 10.8. The van der Waals surface area contributed by atoms with E-state index in [1.165, 1.54) is 12.8 Å². The van der Waals surface area contributed by atoms with Gasteiger partial charge in [-0.1, -0.05) is 46.1 Å². The predicted molar refractivity (Wildman–Crippen MR) is 113 cm³/mol. The zero-order valence-corrected chi connectivity index (χ0v) is 18.5. The summed E-state index contributed by atoms with van der Waals surface area (Å²) in [6.45, 7) is 6.67. The van der Waals surface area contributed by atoms with Crippen LogP contribution in [0.1, 0.15) is 89.1 Å². The van der Waals surface area contributed by atoms with E-state index in [1.54, 1.807) is 22.9 Å². The van der Waals surface area contributed by atoms with E-state index in [9.17, 15) is 8.42 Å². The molecule has 2 aromatic heterocycles. The summed E-state index contributed by atoms with van der Waals surface area (Å²) in [5, 5.41) is 4.82. The van der Waals surface area contributed by atoms with Crippen molar-refractivity contribution in [2.24, 2.45) is 0 Å². The van der Waals surface area contributed by atoms with Gasteiger partial charge < -0.3 is 0 Å². The van der Waals surface area contributed by atoms with Crippen LogP contribution in [0.15, 0.2) is 35.6 Å². The molecule has 1 aliphatic carbocycles. The van der Waals surface area contributed by atoms with E-state index in [-0.39, 0.29) is 11.5 Å². The Morgan fingerprint density at radius 1 is 1.07 bits per heavy atom. The Kier molecular flexibility index (Phi) is 5.55. The smallest absolute Gasteiger partial charge is 0.247 e. The Morgan fingerprint density at radius 2 is 1.79 bits per heavy atom. The van der Waals surface area contributed by atoms with Crippen molar-refractivity contribution >= 4 is 10.0 Å². The molecule has 2 aliphatic rings. The lowest BCUT2D eigenvalue weighted by Gasteiger charge is -2.35. The highest BCUT2D eigenvalue weighted by molar-refractivity contribution is 7.89. The minimum absolute atomic E-state index is 0.162. The van der Waals surface area contributed by atoms with E-state index in [0.29, 0.717) is 23.2 Å². The molecule has 0 bridgehead atoms. The van der Waals surface area contributed by atoms with Crippen molar-refractivity contribution in [1.29, 1.82) is 0 Å². The van der Waals surface area contributed by atoms with E-state index in [4.69, 9.17) is 5.10 Å². The van der Waals surface area contributed by atoms with Gasteiger partial charge in [0.05, 0.1) is 17.8 Å². The van der Waals surface area contributed by atoms with Crippen LogP contribution in [0.5, 0.6) is 0 Å². The van der Waals surface area contributed by atoms with Crippen molar-refractivity contribution in [2.75, 3.05) is 6.54 Å². The van der Waals surface area contributed by atoms with Gasteiger partial charge in [-0.15, -0.1) is 0 Å². The van der Waals surface area contributed by atoms with Crippen LogP contribution in [0.3, 0.4) is 0 Å². The summed E-state index contributed by atoms with van der Waals surface area (Å²) in [6.07, 6.45) is 12.6. The highest BCUT2D eigenvalue weighted by Crippen LogP contribution is 2.39. The lowest BCUT2D eigenvalue weighted by atomic mass is 9.92. The number of aromatic nitrogens is 3. The first-order valence-corrected chi connectivity index (χ1v) is 12.2. The Morgan fingerprint density at radius 3 is 2.45 bits per heavy atom. The molecule has 158 valence electrons. The van der Waals surface area contributed by atoms with Crippen LogP contribution in [0, 0.1) is 0 Å². The summed E-state index contributed by atoms with van der Waals surface area (Å²) in [5.41, 5.74) is 1.31. The van der Waals surface area contributed by atoms with Crippen LogP contribution in [-0.2, 0) is 15.4 Å². The van der Waals surface area contributed by atoms with Crippen molar-refractivity contribution in [1.82, 2.24) is 19.1 Å². The molecule has 1 unspecified atom stereocenters. The van der Waals surface area contributed by atoms with Gasteiger partial charge in [0.1, 0.15) is 4.90 Å². The summed E-state index contributed by atoms with van der Waals surface area (Å²) in [6, 6.07) is 4.02. The molecular weight excluding hydrogens is 384 g/mol. The molecule has 4 rings (SSSR count). The lowest BCUT2D eigenvalue weighted by molar-refractivity contribution is 0.255. The molecule has 3 heterocycles. The lowest BCUT2D eigenvalue weighted by Crippen LogP contribution is -2.39. The second kappa shape index (κ2) is 7.84. The highest BCUT2D eigenvalue weighted by Gasteiger charge is 2.39.